The van der Waals surface area contributed by atoms with Crippen LogP contribution in [-0.2, 0) is 42.8 Å². The van der Waals surface area contributed by atoms with Crippen LogP contribution in [0.15, 0.2) is 36.4 Å². The van der Waals surface area contributed by atoms with Gasteiger partial charge in [0.1, 0.15) is 0 Å². The third-order valence-corrected chi connectivity index (χ3v) is 4.30. The molecule has 2 aromatic carbocycles. The minimum absolute atomic E-state index is 0. The average molecular weight is 294 g/mol. The molecule has 0 aliphatic heterocycles. The van der Waals surface area contributed by atoms with Crippen molar-refractivity contribution in [2.75, 3.05) is 0 Å². The number of hydrogen-bond acceptors (Lipinski definition) is 0. The van der Waals surface area contributed by atoms with Crippen molar-refractivity contribution in [2.24, 2.45) is 0 Å². The van der Waals surface area contributed by atoms with Gasteiger partial charge in [-0.15, -0.1) is 0 Å². The minimum Gasteiger partial charge on any atom is -0.747 e. The molecule has 0 aromatic heterocycles. The summed E-state index contributed by atoms with van der Waals surface area (Å²) < 4.78 is 0. The molecule has 0 unspecified atom stereocenters. The van der Waals surface area contributed by atoms with Gasteiger partial charge in [0.25, 0.3) is 0 Å². The molecule has 2 aliphatic rings. The fourth-order valence-electron chi connectivity index (χ4n) is 3.23. The van der Waals surface area contributed by atoms with Crippen LogP contribution in [0, 0.1) is 0 Å². The summed E-state index contributed by atoms with van der Waals surface area (Å²) in [6, 6.07) is 13.4. The van der Waals surface area contributed by atoms with E-state index in [0.717, 1.165) is 0 Å². The quantitative estimate of drug-likeness (QED) is 0.493. The van der Waals surface area contributed by atoms with E-state index in [4.69, 9.17) is 0 Å². The summed E-state index contributed by atoms with van der Waals surface area (Å²) >= 11 is 0. The zero-order valence-corrected chi connectivity index (χ0v) is 12.6. The van der Waals surface area contributed by atoms with E-state index in [1.54, 1.807) is 22.3 Å². The van der Waals surface area contributed by atoms with Gasteiger partial charge in [0.15, 0.2) is 0 Å². The van der Waals surface area contributed by atoms with Crippen molar-refractivity contribution in [1.82, 2.24) is 0 Å². The maximum absolute atomic E-state index is 2.26. The van der Waals surface area contributed by atoms with Crippen LogP contribution >= 0.6 is 0 Å². The normalized spacial score (nSPS) is 16.4. The molecule has 0 saturated heterocycles. The van der Waals surface area contributed by atoms with E-state index in [1.165, 1.54) is 51.4 Å². The minimum atomic E-state index is 0. The summed E-state index contributed by atoms with van der Waals surface area (Å²) in [5.74, 6) is 0. The van der Waals surface area contributed by atoms with Crippen molar-refractivity contribution in [2.45, 2.75) is 51.4 Å². The van der Waals surface area contributed by atoms with E-state index in [0.29, 0.717) is 0 Å². The molecule has 0 fully saturated rings. The summed E-state index contributed by atoms with van der Waals surface area (Å²) in [6.07, 6.45) is 10.9. The Morgan fingerprint density at radius 1 is 0.895 bits per heavy atom. The number of aryl methyl sites for hydroxylation is 4. The predicted octanol–water partition coefficient (Wildman–Crippen LogP) is 4.57. The Kier molecular flexibility index (Phi) is 5.48. The molecule has 4 rings (SSSR count). The molecular formula is C18H22Fe-6. The van der Waals surface area contributed by atoms with Crippen molar-refractivity contribution >= 4 is 0 Å². The SMILES string of the molecule is [Fe].[cH-]1[cH-][c-]2[c-]([cH-]1)CCCC2.c1cc2[c-](c1)CCCC2. The van der Waals surface area contributed by atoms with Crippen molar-refractivity contribution in [3.05, 3.63) is 58.7 Å². The Hall–Kier alpha value is -0.781. The third-order valence-electron chi connectivity index (χ3n) is 4.30. The van der Waals surface area contributed by atoms with Crippen LogP contribution in [-0.4, -0.2) is 0 Å². The monoisotopic (exact) mass is 294 g/mol. The molecule has 0 heterocycles. The molecule has 0 radical (unpaired) electrons. The van der Waals surface area contributed by atoms with Gasteiger partial charge in [-0.2, -0.15) is 17.2 Å². The fraction of sp³-hybridized carbons (Fsp3) is 0.444. The van der Waals surface area contributed by atoms with Crippen LogP contribution in [0.1, 0.15) is 47.9 Å². The fourth-order valence-corrected chi connectivity index (χ4v) is 3.23. The smallest absolute Gasteiger partial charge is 0 e. The predicted molar refractivity (Wildman–Crippen MR) is 77.4 cm³/mol. The van der Waals surface area contributed by atoms with Gasteiger partial charge in [0.05, 0.1) is 0 Å². The summed E-state index contributed by atoms with van der Waals surface area (Å²) in [5.41, 5.74) is 6.39. The molecule has 0 amide bonds. The molecule has 0 bridgehead atoms. The van der Waals surface area contributed by atoms with Crippen LogP contribution in [0.25, 0.3) is 0 Å². The Balaban J connectivity index is 0.000000133. The molecule has 108 valence electrons. The second kappa shape index (κ2) is 7.12. The maximum atomic E-state index is 2.26. The van der Waals surface area contributed by atoms with E-state index in [9.17, 15) is 0 Å². The van der Waals surface area contributed by atoms with E-state index in [2.05, 4.69) is 36.4 Å². The van der Waals surface area contributed by atoms with Crippen molar-refractivity contribution in [3.63, 3.8) is 0 Å². The van der Waals surface area contributed by atoms with Crippen molar-refractivity contribution in [1.29, 1.82) is 0 Å². The van der Waals surface area contributed by atoms with E-state index >= 15 is 0 Å². The molecule has 0 nitrogen and oxygen atoms in total. The molecular weight excluding hydrogens is 272 g/mol. The van der Waals surface area contributed by atoms with Crippen LogP contribution in [0.4, 0.5) is 0 Å². The summed E-state index contributed by atoms with van der Waals surface area (Å²) in [5, 5.41) is 0. The summed E-state index contributed by atoms with van der Waals surface area (Å²) in [6.45, 7) is 0. The van der Waals surface area contributed by atoms with Gasteiger partial charge in [-0.05, 0) is 0 Å². The number of hydrogen-bond donors (Lipinski definition) is 0. The van der Waals surface area contributed by atoms with Gasteiger partial charge in [-0.3, -0.25) is 0 Å². The molecule has 0 saturated carbocycles. The first-order chi connectivity index (χ1) is 8.93. The van der Waals surface area contributed by atoms with Gasteiger partial charge >= 0.3 is 0 Å². The van der Waals surface area contributed by atoms with Gasteiger partial charge in [0, 0.05) is 17.1 Å². The van der Waals surface area contributed by atoms with Crippen LogP contribution in [0.2, 0.25) is 0 Å². The number of rotatable bonds is 0. The van der Waals surface area contributed by atoms with E-state index < -0.39 is 0 Å². The first kappa shape index (κ1) is 14.6. The largest absolute Gasteiger partial charge is 0.747 e. The van der Waals surface area contributed by atoms with Gasteiger partial charge in [-0.1, -0.05) is 38.5 Å². The first-order valence-corrected chi connectivity index (χ1v) is 7.40. The summed E-state index contributed by atoms with van der Waals surface area (Å²) in [7, 11) is 0. The van der Waals surface area contributed by atoms with Crippen LogP contribution < -0.4 is 0 Å². The third kappa shape index (κ3) is 3.61. The molecule has 0 N–H and O–H groups in total. The molecule has 2 aliphatic carbocycles. The van der Waals surface area contributed by atoms with Gasteiger partial charge in [-0.25, -0.2) is 25.0 Å². The molecule has 19 heavy (non-hydrogen) atoms. The van der Waals surface area contributed by atoms with E-state index in [1.807, 2.05) is 0 Å². The van der Waals surface area contributed by atoms with Crippen molar-refractivity contribution in [3.8, 4) is 0 Å². The Morgan fingerprint density at radius 2 is 1.58 bits per heavy atom. The summed E-state index contributed by atoms with van der Waals surface area (Å²) in [4.78, 5) is 0. The number of fused-ring (bicyclic) bond motifs is 2. The second-order valence-corrected chi connectivity index (χ2v) is 5.57. The molecule has 0 spiro atoms. The van der Waals surface area contributed by atoms with Gasteiger partial charge in [0.2, 0.25) is 0 Å². The maximum Gasteiger partial charge on any atom is 0 e. The van der Waals surface area contributed by atoms with E-state index in [-0.39, 0.29) is 17.1 Å². The Morgan fingerprint density at radius 3 is 2.26 bits per heavy atom. The Labute approximate surface area is 127 Å². The molecule has 2 aromatic rings. The Bertz CT molecular complexity index is 402. The average Bonchev–Trinajstić information content (AvgIpc) is 3.08. The topological polar surface area (TPSA) is 0 Å². The van der Waals surface area contributed by atoms with Crippen molar-refractivity contribution < 1.29 is 17.1 Å². The molecule has 0 atom stereocenters. The first-order valence-electron chi connectivity index (χ1n) is 7.40. The molecule has 1 heteroatoms. The van der Waals surface area contributed by atoms with Crippen LogP contribution in [0.5, 0.6) is 0 Å². The zero-order valence-electron chi connectivity index (χ0n) is 11.5. The zero-order chi connectivity index (χ0) is 12.2. The van der Waals surface area contributed by atoms with Crippen LogP contribution in [0.3, 0.4) is 0 Å². The standard InChI is InChI=1S/2C9H11.Fe/c2*1-2-5-9-7-3-6-8(9)4-1;/h2*3,6-7H,1-2,4-5H2;/q-5;-1;. The second-order valence-electron chi connectivity index (χ2n) is 5.57. The van der Waals surface area contributed by atoms with Gasteiger partial charge < -0.3 is 29.3 Å².